The Morgan fingerprint density at radius 2 is 1.88 bits per heavy atom. The van der Waals surface area contributed by atoms with Crippen LogP contribution in [0, 0.1) is 0 Å². The topological polar surface area (TPSA) is 43.4 Å². The molecule has 0 saturated heterocycles. The van der Waals surface area contributed by atoms with Crippen molar-refractivity contribution in [2.75, 3.05) is 12.4 Å². The van der Waals surface area contributed by atoms with E-state index in [-0.39, 0.29) is 12.4 Å². The normalized spacial score (nSPS) is 11.5. The van der Waals surface area contributed by atoms with Gasteiger partial charge in [-0.15, -0.1) is 0 Å². The number of hydrogen-bond acceptors (Lipinski definition) is 3. The average Bonchev–Trinajstić information content (AvgIpc) is 2.11. The van der Waals surface area contributed by atoms with E-state index >= 15 is 0 Å². The van der Waals surface area contributed by atoms with E-state index < -0.39 is 9.05 Å². The Balaban J connectivity index is 2.71. The highest BCUT2D eigenvalue weighted by Gasteiger charge is 2.09. The minimum absolute atomic E-state index is 0.0798. The van der Waals surface area contributed by atoms with Crippen LogP contribution in [0.15, 0.2) is 16.6 Å². The lowest BCUT2D eigenvalue weighted by molar-refractivity contribution is 0.341. The first-order valence-corrected chi connectivity index (χ1v) is 8.02. The number of ether oxygens (including phenoxy) is 1. The monoisotopic (exact) mass is 366 g/mol. The lowest BCUT2D eigenvalue weighted by Crippen LogP contribution is -2.08. The molecule has 90 valence electrons. The second-order valence-electron chi connectivity index (χ2n) is 2.79. The molecule has 0 amide bonds. The Morgan fingerprint density at radius 3 is 2.44 bits per heavy atom. The minimum atomic E-state index is -3.56. The van der Waals surface area contributed by atoms with E-state index in [2.05, 4.69) is 15.9 Å². The van der Waals surface area contributed by atoms with Gasteiger partial charge in [0.2, 0.25) is 9.05 Å². The van der Waals surface area contributed by atoms with Crippen LogP contribution >= 0.6 is 49.8 Å². The van der Waals surface area contributed by atoms with Crippen LogP contribution < -0.4 is 4.74 Å². The van der Waals surface area contributed by atoms with E-state index in [1.165, 1.54) is 6.07 Å². The smallest absolute Gasteiger partial charge is 0.235 e. The summed E-state index contributed by atoms with van der Waals surface area (Å²) in [6, 6.07) is 3.06. The molecule has 8 heteroatoms. The first kappa shape index (κ1) is 14.4. The standard InChI is InChI=1S/C8H6BrCl3O3S/c9-5-3-7(11)8(4-6(5)10)15-1-2-16(12,13)14/h3-4H,1-2H2. The maximum absolute atomic E-state index is 10.6. The van der Waals surface area contributed by atoms with Crippen LogP contribution in [0.3, 0.4) is 0 Å². The largest absolute Gasteiger partial charge is 0.491 e. The molecule has 0 saturated carbocycles. The molecule has 0 aliphatic heterocycles. The molecule has 0 atom stereocenters. The van der Waals surface area contributed by atoms with Gasteiger partial charge in [0.1, 0.15) is 12.4 Å². The Hall–Kier alpha value is 0.320. The number of rotatable bonds is 4. The zero-order chi connectivity index (χ0) is 12.3. The quantitative estimate of drug-likeness (QED) is 0.601. The van der Waals surface area contributed by atoms with Crippen LogP contribution in [0.4, 0.5) is 0 Å². The molecule has 0 heterocycles. The van der Waals surface area contributed by atoms with Crippen molar-refractivity contribution >= 4 is 58.9 Å². The molecule has 0 aromatic heterocycles. The molecular formula is C8H6BrCl3O3S. The summed E-state index contributed by atoms with van der Waals surface area (Å²) >= 11 is 14.9. The first-order valence-electron chi connectivity index (χ1n) is 3.99. The van der Waals surface area contributed by atoms with Gasteiger partial charge in [-0.05, 0) is 22.0 Å². The van der Waals surface area contributed by atoms with Gasteiger partial charge in [-0.25, -0.2) is 8.42 Å². The fourth-order valence-corrected chi connectivity index (χ4v) is 2.18. The molecule has 3 nitrogen and oxygen atoms in total. The predicted molar refractivity (Wildman–Crippen MR) is 69.3 cm³/mol. The number of hydrogen-bond donors (Lipinski definition) is 0. The second kappa shape index (κ2) is 5.78. The van der Waals surface area contributed by atoms with Gasteiger partial charge in [0.25, 0.3) is 0 Å². The van der Waals surface area contributed by atoms with Crippen molar-refractivity contribution in [3.63, 3.8) is 0 Å². The third kappa shape index (κ3) is 4.67. The molecule has 1 aromatic rings. The average molecular weight is 368 g/mol. The molecule has 0 radical (unpaired) electrons. The molecule has 0 unspecified atom stereocenters. The lowest BCUT2D eigenvalue weighted by atomic mass is 10.3. The highest BCUT2D eigenvalue weighted by molar-refractivity contribution is 9.10. The summed E-state index contributed by atoms with van der Waals surface area (Å²) in [4.78, 5) is 0. The lowest BCUT2D eigenvalue weighted by Gasteiger charge is -2.08. The number of halogens is 4. The molecule has 0 aliphatic rings. The summed E-state index contributed by atoms with van der Waals surface area (Å²) in [7, 11) is 1.46. The summed E-state index contributed by atoms with van der Waals surface area (Å²) in [5, 5.41) is 0.761. The Bertz CT molecular complexity index is 490. The van der Waals surface area contributed by atoms with E-state index in [1.807, 2.05) is 0 Å². The third-order valence-electron chi connectivity index (χ3n) is 1.56. The SMILES string of the molecule is O=S(=O)(Cl)CCOc1cc(Cl)c(Br)cc1Cl. The molecule has 0 fully saturated rings. The van der Waals surface area contributed by atoms with Crippen LogP contribution in [0.2, 0.25) is 10.0 Å². The molecule has 16 heavy (non-hydrogen) atoms. The number of benzene rings is 1. The van der Waals surface area contributed by atoms with Gasteiger partial charge in [0.15, 0.2) is 0 Å². The van der Waals surface area contributed by atoms with Crippen LogP contribution in [0.5, 0.6) is 5.75 Å². The van der Waals surface area contributed by atoms with Crippen LogP contribution in [0.1, 0.15) is 0 Å². The van der Waals surface area contributed by atoms with Crippen molar-refractivity contribution in [3.8, 4) is 5.75 Å². The van der Waals surface area contributed by atoms with Gasteiger partial charge in [-0.3, -0.25) is 0 Å². The molecule has 0 N–H and O–H groups in total. The van der Waals surface area contributed by atoms with Crippen molar-refractivity contribution in [2.24, 2.45) is 0 Å². The Morgan fingerprint density at radius 1 is 1.25 bits per heavy atom. The maximum Gasteiger partial charge on any atom is 0.235 e. The van der Waals surface area contributed by atoms with Gasteiger partial charge < -0.3 is 4.74 Å². The van der Waals surface area contributed by atoms with Crippen LogP contribution in [-0.2, 0) is 9.05 Å². The minimum Gasteiger partial charge on any atom is -0.491 e. The maximum atomic E-state index is 10.6. The van der Waals surface area contributed by atoms with Crippen LogP contribution in [0.25, 0.3) is 0 Å². The van der Waals surface area contributed by atoms with E-state index in [4.69, 9.17) is 38.6 Å². The summed E-state index contributed by atoms with van der Waals surface area (Å²) < 4.78 is 27.1. The highest BCUT2D eigenvalue weighted by atomic mass is 79.9. The highest BCUT2D eigenvalue weighted by Crippen LogP contribution is 2.33. The van der Waals surface area contributed by atoms with Gasteiger partial charge in [-0.1, -0.05) is 23.2 Å². The molecule has 0 spiro atoms. The summed E-state index contributed by atoms with van der Waals surface area (Å²) in [6.45, 7) is -0.0798. The summed E-state index contributed by atoms with van der Waals surface area (Å²) in [6.07, 6.45) is 0. The van der Waals surface area contributed by atoms with Crippen molar-refractivity contribution in [1.82, 2.24) is 0 Å². The fourth-order valence-electron chi connectivity index (χ4n) is 0.866. The zero-order valence-electron chi connectivity index (χ0n) is 7.71. The molecule has 1 aromatic carbocycles. The molecular weight excluding hydrogens is 362 g/mol. The van der Waals surface area contributed by atoms with Crippen LogP contribution in [-0.4, -0.2) is 20.8 Å². The Labute approximate surface area is 116 Å². The molecule has 1 rings (SSSR count). The second-order valence-corrected chi connectivity index (χ2v) is 7.35. The van der Waals surface area contributed by atoms with E-state index in [0.717, 1.165) is 0 Å². The van der Waals surface area contributed by atoms with Gasteiger partial charge in [0.05, 0.1) is 15.8 Å². The van der Waals surface area contributed by atoms with Gasteiger partial charge >= 0.3 is 0 Å². The van der Waals surface area contributed by atoms with Crippen molar-refractivity contribution in [2.45, 2.75) is 0 Å². The van der Waals surface area contributed by atoms with E-state index in [9.17, 15) is 8.42 Å². The third-order valence-corrected chi connectivity index (χ3v) is 4.17. The summed E-state index contributed by atoms with van der Waals surface area (Å²) in [5.41, 5.74) is 0. The zero-order valence-corrected chi connectivity index (χ0v) is 12.4. The first-order chi connectivity index (χ1) is 7.29. The molecule has 0 bridgehead atoms. The van der Waals surface area contributed by atoms with E-state index in [1.54, 1.807) is 6.07 Å². The van der Waals surface area contributed by atoms with E-state index in [0.29, 0.717) is 20.3 Å². The molecule has 0 aliphatic carbocycles. The van der Waals surface area contributed by atoms with Gasteiger partial charge in [-0.2, -0.15) is 0 Å². The van der Waals surface area contributed by atoms with Gasteiger partial charge in [0, 0.05) is 21.2 Å². The van der Waals surface area contributed by atoms with Crippen molar-refractivity contribution < 1.29 is 13.2 Å². The van der Waals surface area contributed by atoms with Crippen molar-refractivity contribution in [1.29, 1.82) is 0 Å². The van der Waals surface area contributed by atoms with Crippen molar-refractivity contribution in [3.05, 3.63) is 26.7 Å². The predicted octanol–water partition coefficient (Wildman–Crippen LogP) is 3.70. The summed E-state index contributed by atoms with van der Waals surface area (Å²) in [5.74, 6) is 0.0219. The fraction of sp³-hybridized carbons (Fsp3) is 0.250. The Kier molecular flexibility index (Phi) is 5.19.